The Morgan fingerprint density at radius 2 is 1.84 bits per heavy atom. The highest BCUT2D eigenvalue weighted by Gasteiger charge is 2.39. The molecule has 0 radical (unpaired) electrons. The molecule has 0 bridgehead atoms. The zero-order valence-electron chi connectivity index (χ0n) is 14.3. The number of hydrogen-bond acceptors (Lipinski definition) is 7. The number of hydrazine groups is 1. The van der Waals surface area contributed by atoms with Crippen molar-refractivity contribution in [3.8, 4) is 11.4 Å². The summed E-state index contributed by atoms with van der Waals surface area (Å²) < 4.78 is 32.7. The summed E-state index contributed by atoms with van der Waals surface area (Å²) >= 11 is 0. The number of aryl methyl sites for hydroxylation is 1. The molecule has 25 heavy (non-hydrogen) atoms. The number of aromatic nitrogens is 2. The van der Waals surface area contributed by atoms with Gasteiger partial charge in [-0.25, -0.2) is 13.1 Å². The van der Waals surface area contributed by atoms with Crippen LogP contribution in [0.25, 0.3) is 11.4 Å². The van der Waals surface area contributed by atoms with Crippen LogP contribution in [0.1, 0.15) is 26.2 Å². The first-order valence-electron chi connectivity index (χ1n) is 8.35. The van der Waals surface area contributed by atoms with Crippen molar-refractivity contribution in [2.45, 2.75) is 44.0 Å². The Hall–Kier alpha value is -1.81. The van der Waals surface area contributed by atoms with Gasteiger partial charge in [0.2, 0.25) is 21.7 Å². The quantitative estimate of drug-likeness (QED) is 0.624. The van der Waals surface area contributed by atoms with E-state index < -0.39 is 15.3 Å². The minimum Gasteiger partial charge on any atom is -0.339 e. The second-order valence-electron chi connectivity index (χ2n) is 6.25. The van der Waals surface area contributed by atoms with Gasteiger partial charge in [0.15, 0.2) is 0 Å². The van der Waals surface area contributed by atoms with Gasteiger partial charge in [-0.15, -0.1) is 0 Å². The lowest BCUT2D eigenvalue weighted by molar-refractivity contribution is 0.376. The molecule has 0 aliphatic carbocycles. The van der Waals surface area contributed by atoms with Gasteiger partial charge in [-0.05, 0) is 20.3 Å². The van der Waals surface area contributed by atoms with Gasteiger partial charge in [0.05, 0.1) is 0 Å². The van der Waals surface area contributed by atoms with Crippen LogP contribution in [-0.4, -0.2) is 42.4 Å². The van der Waals surface area contributed by atoms with Crippen LogP contribution in [-0.2, 0) is 16.4 Å². The molecule has 1 aliphatic rings. The Morgan fingerprint density at radius 1 is 1.16 bits per heavy atom. The summed E-state index contributed by atoms with van der Waals surface area (Å²) in [7, 11) is -3.39. The average molecular weight is 365 g/mol. The molecule has 1 saturated heterocycles. The molecule has 8 nitrogen and oxygen atoms in total. The fourth-order valence-corrected chi connectivity index (χ4v) is 4.84. The smallest absolute Gasteiger partial charge is 0.227 e. The summed E-state index contributed by atoms with van der Waals surface area (Å²) in [6.45, 7) is 4.04. The normalized spacial score (nSPS) is 23.8. The van der Waals surface area contributed by atoms with Gasteiger partial charge in [-0.1, -0.05) is 35.5 Å². The van der Waals surface area contributed by atoms with Gasteiger partial charge in [0, 0.05) is 30.6 Å². The van der Waals surface area contributed by atoms with Crippen molar-refractivity contribution in [1.82, 2.24) is 25.7 Å². The first-order chi connectivity index (χ1) is 12.0. The van der Waals surface area contributed by atoms with Crippen LogP contribution in [0, 0.1) is 0 Å². The SMILES string of the molecule is CC1NNC(C)C1S(=O)(=O)NCCCc1nc(-c2ccccc2)no1. The largest absolute Gasteiger partial charge is 0.339 e. The molecule has 136 valence electrons. The van der Waals surface area contributed by atoms with E-state index in [1.807, 2.05) is 44.2 Å². The molecular formula is C16H23N5O3S. The van der Waals surface area contributed by atoms with Crippen molar-refractivity contribution < 1.29 is 12.9 Å². The minimum atomic E-state index is -3.39. The van der Waals surface area contributed by atoms with E-state index in [-0.39, 0.29) is 12.1 Å². The van der Waals surface area contributed by atoms with Crippen LogP contribution in [0.5, 0.6) is 0 Å². The number of rotatable bonds is 7. The predicted octanol–water partition coefficient (Wildman–Crippen LogP) is 0.842. The molecule has 0 spiro atoms. The summed E-state index contributed by atoms with van der Waals surface area (Å²) in [4.78, 5) is 4.34. The van der Waals surface area contributed by atoms with E-state index in [0.717, 1.165) is 5.56 Å². The van der Waals surface area contributed by atoms with Gasteiger partial charge in [-0.3, -0.25) is 10.9 Å². The Kier molecular flexibility index (Phi) is 5.48. The van der Waals surface area contributed by atoms with E-state index in [4.69, 9.17) is 4.52 Å². The molecule has 1 aromatic heterocycles. The lowest BCUT2D eigenvalue weighted by Crippen LogP contribution is -2.44. The molecular weight excluding hydrogens is 342 g/mol. The summed E-state index contributed by atoms with van der Waals surface area (Å²) in [6.07, 6.45) is 1.11. The molecule has 2 unspecified atom stereocenters. The van der Waals surface area contributed by atoms with Gasteiger partial charge in [-0.2, -0.15) is 4.98 Å². The highest BCUT2D eigenvalue weighted by Crippen LogP contribution is 2.16. The van der Waals surface area contributed by atoms with E-state index in [9.17, 15) is 8.42 Å². The van der Waals surface area contributed by atoms with Crippen molar-refractivity contribution >= 4 is 10.0 Å². The zero-order chi connectivity index (χ0) is 17.9. The summed E-state index contributed by atoms with van der Waals surface area (Å²) in [5, 5.41) is 3.46. The van der Waals surface area contributed by atoms with Gasteiger partial charge >= 0.3 is 0 Å². The molecule has 1 aliphatic heterocycles. The molecule has 3 N–H and O–H groups in total. The molecule has 2 atom stereocenters. The Labute approximate surface area is 147 Å². The van der Waals surface area contributed by atoms with Crippen LogP contribution >= 0.6 is 0 Å². The number of hydrogen-bond donors (Lipinski definition) is 3. The second kappa shape index (κ2) is 7.61. The van der Waals surface area contributed by atoms with E-state index in [2.05, 4.69) is 25.7 Å². The van der Waals surface area contributed by atoms with Gasteiger partial charge in [0.25, 0.3) is 0 Å². The maximum absolute atomic E-state index is 12.4. The fraction of sp³-hybridized carbons (Fsp3) is 0.500. The molecule has 1 aromatic carbocycles. The van der Waals surface area contributed by atoms with E-state index in [1.165, 1.54) is 0 Å². The third-order valence-corrected chi connectivity index (χ3v) is 6.39. The second-order valence-corrected chi connectivity index (χ2v) is 8.17. The maximum atomic E-state index is 12.4. The Morgan fingerprint density at radius 3 is 2.52 bits per heavy atom. The first kappa shape index (κ1) is 18.0. The number of nitrogens with one attached hydrogen (secondary N) is 3. The number of sulfonamides is 1. The summed E-state index contributed by atoms with van der Waals surface area (Å²) in [6, 6.07) is 9.29. The molecule has 3 rings (SSSR count). The first-order valence-corrected chi connectivity index (χ1v) is 9.89. The Balaban J connectivity index is 1.50. The molecule has 0 amide bonds. The topological polar surface area (TPSA) is 109 Å². The van der Waals surface area contributed by atoms with Crippen molar-refractivity contribution in [2.75, 3.05) is 6.54 Å². The maximum Gasteiger partial charge on any atom is 0.227 e. The van der Waals surface area contributed by atoms with Crippen molar-refractivity contribution in [3.05, 3.63) is 36.2 Å². The molecule has 0 saturated carbocycles. The zero-order valence-corrected chi connectivity index (χ0v) is 15.1. The third-order valence-electron chi connectivity index (χ3n) is 4.25. The summed E-state index contributed by atoms with van der Waals surface area (Å²) in [5.41, 5.74) is 6.81. The van der Waals surface area contributed by atoms with Crippen LogP contribution < -0.4 is 15.6 Å². The number of benzene rings is 1. The highest BCUT2D eigenvalue weighted by molar-refractivity contribution is 7.90. The van der Waals surface area contributed by atoms with E-state index in [0.29, 0.717) is 31.1 Å². The molecule has 9 heteroatoms. The van der Waals surface area contributed by atoms with Crippen LogP contribution in [0.2, 0.25) is 0 Å². The molecule has 1 fully saturated rings. The minimum absolute atomic E-state index is 0.142. The number of nitrogens with zero attached hydrogens (tertiary/aromatic N) is 2. The summed E-state index contributed by atoms with van der Waals surface area (Å²) in [5.74, 6) is 1.05. The van der Waals surface area contributed by atoms with Crippen LogP contribution in [0.3, 0.4) is 0 Å². The average Bonchev–Trinajstić information content (AvgIpc) is 3.19. The highest BCUT2D eigenvalue weighted by atomic mass is 32.2. The Bertz CT molecular complexity index is 783. The van der Waals surface area contributed by atoms with Crippen molar-refractivity contribution in [1.29, 1.82) is 0 Å². The fourth-order valence-electron chi connectivity index (χ4n) is 3.01. The standard InChI is InChI=1S/C16H23N5O3S/c1-11-15(12(2)20-19-11)25(22,23)17-10-6-9-14-18-16(21-24-14)13-7-4-3-5-8-13/h3-5,7-8,11-12,15,17,19-20H,6,9-10H2,1-2H3. The van der Waals surface area contributed by atoms with E-state index in [1.54, 1.807) is 0 Å². The van der Waals surface area contributed by atoms with Crippen LogP contribution in [0.15, 0.2) is 34.9 Å². The molecule has 2 aromatic rings. The monoisotopic (exact) mass is 365 g/mol. The lowest BCUT2D eigenvalue weighted by atomic mass is 10.2. The van der Waals surface area contributed by atoms with E-state index >= 15 is 0 Å². The lowest BCUT2D eigenvalue weighted by Gasteiger charge is -2.18. The molecule has 2 heterocycles. The van der Waals surface area contributed by atoms with Crippen LogP contribution in [0.4, 0.5) is 0 Å². The van der Waals surface area contributed by atoms with Gasteiger partial charge in [0.1, 0.15) is 5.25 Å². The van der Waals surface area contributed by atoms with Crippen molar-refractivity contribution in [2.24, 2.45) is 0 Å². The third kappa shape index (κ3) is 4.24. The predicted molar refractivity (Wildman–Crippen MR) is 94.0 cm³/mol. The van der Waals surface area contributed by atoms with Crippen molar-refractivity contribution in [3.63, 3.8) is 0 Å². The van der Waals surface area contributed by atoms with Gasteiger partial charge < -0.3 is 4.52 Å².